The first-order chi connectivity index (χ1) is 14.2. The molecule has 0 bridgehead atoms. The number of nitrogens with one attached hydrogen (secondary N) is 1. The minimum Gasteiger partial charge on any atom is -0.368 e. The van der Waals surface area contributed by atoms with Gasteiger partial charge in [0.05, 0.1) is 0 Å². The number of ether oxygens (including phenoxy) is 1. The number of guanidine groups is 1. The first-order valence-corrected chi connectivity index (χ1v) is 10.9. The van der Waals surface area contributed by atoms with Crippen LogP contribution in [0.5, 0.6) is 0 Å². The number of amides is 1. The third-order valence-corrected chi connectivity index (χ3v) is 6.29. The second-order valence-electron chi connectivity index (χ2n) is 8.16. The van der Waals surface area contributed by atoms with E-state index in [9.17, 15) is 4.79 Å². The summed E-state index contributed by atoms with van der Waals surface area (Å²) in [6.45, 7) is 7.88. The Morgan fingerprint density at radius 1 is 1.21 bits per heavy atom. The first-order valence-electron chi connectivity index (χ1n) is 10.9. The summed E-state index contributed by atoms with van der Waals surface area (Å²) in [4.78, 5) is 23.7. The molecule has 2 saturated heterocycles. The molecule has 4 rings (SSSR count). The van der Waals surface area contributed by atoms with Crippen molar-refractivity contribution in [1.82, 2.24) is 15.1 Å². The topological polar surface area (TPSA) is 60.4 Å². The quantitative estimate of drug-likeness (QED) is 0.612. The van der Waals surface area contributed by atoms with Crippen molar-refractivity contribution in [1.29, 1.82) is 0 Å². The van der Waals surface area contributed by atoms with Gasteiger partial charge in [-0.1, -0.05) is 18.2 Å². The highest BCUT2D eigenvalue weighted by atomic mass is 16.5. The van der Waals surface area contributed by atoms with Crippen LogP contribution in [0.15, 0.2) is 29.3 Å². The van der Waals surface area contributed by atoms with Crippen LogP contribution < -0.4 is 10.2 Å². The van der Waals surface area contributed by atoms with E-state index in [0.29, 0.717) is 12.6 Å². The number of carbonyl (C=O) groups is 1. The van der Waals surface area contributed by atoms with Gasteiger partial charge in [0.15, 0.2) is 5.96 Å². The van der Waals surface area contributed by atoms with Crippen LogP contribution >= 0.6 is 0 Å². The lowest BCUT2D eigenvalue weighted by atomic mass is 10.1. The number of benzene rings is 1. The van der Waals surface area contributed by atoms with Gasteiger partial charge in [0.25, 0.3) is 5.91 Å². The summed E-state index contributed by atoms with van der Waals surface area (Å²) < 4.78 is 5.55. The molecular formula is C22H33N5O2. The van der Waals surface area contributed by atoms with E-state index in [0.717, 1.165) is 64.5 Å². The Hall–Kier alpha value is -2.28. The molecule has 1 N–H and O–H groups in total. The van der Waals surface area contributed by atoms with Crippen molar-refractivity contribution in [2.45, 2.75) is 38.3 Å². The molecule has 2 fully saturated rings. The standard InChI is InChI=1S/C22H33N5O2/c1-17-16-18-6-3-4-7-19(18)27(17)10-9-24-22(23-2)26-13-11-25(12-14-26)21(28)20-8-5-15-29-20/h3-4,6-7,17,20H,5,8-16H2,1-2H3,(H,23,24). The number of para-hydroxylation sites is 1. The lowest BCUT2D eigenvalue weighted by Gasteiger charge is -2.37. The van der Waals surface area contributed by atoms with Crippen molar-refractivity contribution in [2.75, 3.05) is 57.8 Å². The molecule has 0 aromatic heterocycles. The van der Waals surface area contributed by atoms with Gasteiger partial charge in [-0.05, 0) is 37.8 Å². The van der Waals surface area contributed by atoms with Crippen molar-refractivity contribution in [3.05, 3.63) is 29.8 Å². The largest absolute Gasteiger partial charge is 0.368 e. The molecule has 2 unspecified atom stereocenters. The molecule has 3 aliphatic rings. The molecule has 3 aliphatic heterocycles. The van der Waals surface area contributed by atoms with Crippen LogP contribution in [-0.2, 0) is 16.0 Å². The molecule has 0 radical (unpaired) electrons. The zero-order valence-electron chi connectivity index (χ0n) is 17.6. The van der Waals surface area contributed by atoms with Crippen molar-refractivity contribution < 1.29 is 9.53 Å². The van der Waals surface area contributed by atoms with E-state index in [1.807, 2.05) is 11.9 Å². The summed E-state index contributed by atoms with van der Waals surface area (Å²) in [5.41, 5.74) is 2.80. The predicted octanol–water partition coefficient (Wildman–Crippen LogP) is 1.34. The van der Waals surface area contributed by atoms with Crippen LogP contribution in [0.4, 0.5) is 5.69 Å². The molecule has 3 heterocycles. The van der Waals surface area contributed by atoms with Gasteiger partial charge in [-0.15, -0.1) is 0 Å². The molecule has 1 aromatic rings. The van der Waals surface area contributed by atoms with Crippen LogP contribution in [0.1, 0.15) is 25.3 Å². The Kier molecular flexibility index (Phi) is 6.23. The van der Waals surface area contributed by atoms with Crippen molar-refractivity contribution in [3.8, 4) is 0 Å². The fourth-order valence-corrected chi connectivity index (χ4v) is 4.71. The van der Waals surface area contributed by atoms with E-state index in [2.05, 4.69) is 51.3 Å². The molecule has 1 amide bonds. The molecule has 7 heteroatoms. The number of hydrogen-bond acceptors (Lipinski definition) is 4. The highest BCUT2D eigenvalue weighted by Crippen LogP contribution is 2.31. The number of hydrogen-bond donors (Lipinski definition) is 1. The molecule has 0 saturated carbocycles. The molecule has 0 spiro atoms. The number of aliphatic imine (C=N–C) groups is 1. The van der Waals surface area contributed by atoms with Gasteiger partial charge < -0.3 is 24.8 Å². The van der Waals surface area contributed by atoms with Crippen LogP contribution in [0.3, 0.4) is 0 Å². The lowest BCUT2D eigenvalue weighted by molar-refractivity contribution is -0.142. The molecule has 0 aliphatic carbocycles. The van der Waals surface area contributed by atoms with E-state index < -0.39 is 0 Å². The summed E-state index contributed by atoms with van der Waals surface area (Å²) >= 11 is 0. The van der Waals surface area contributed by atoms with Gasteiger partial charge in [-0.2, -0.15) is 0 Å². The zero-order valence-corrected chi connectivity index (χ0v) is 17.6. The minimum absolute atomic E-state index is 0.159. The average Bonchev–Trinajstić information content (AvgIpc) is 3.39. The number of carbonyl (C=O) groups excluding carboxylic acids is 1. The van der Waals surface area contributed by atoms with Gasteiger partial charge >= 0.3 is 0 Å². The maximum Gasteiger partial charge on any atom is 0.251 e. The fourth-order valence-electron chi connectivity index (χ4n) is 4.71. The summed E-state index contributed by atoms with van der Waals surface area (Å²) in [5.74, 6) is 1.08. The number of nitrogens with zero attached hydrogens (tertiary/aromatic N) is 4. The predicted molar refractivity (Wildman–Crippen MR) is 115 cm³/mol. The maximum absolute atomic E-state index is 12.5. The minimum atomic E-state index is -0.218. The highest BCUT2D eigenvalue weighted by molar-refractivity contribution is 5.82. The van der Waals surface area contributed by atoms with E-state index in [1.54, 1.807) is 0 Å². The van der Waals surface area contributed by atoms with E-state index in [4.69, 9.17) is 4.74 Å². The number of anilines is 1. The fraction of sp³-hybridized carbons (Fsp3) is 0.636. The van der Waals surface area contributed by atoms with Gasteiger partial charge in [0.1, 0.15) is 6.10 Å². The van der Waals surface area contributed by atoms with E-state index >= 15 is 0 Å². The smallest absolute Gasteiger partial charge is 0.251 e. The third-order valence-electron chi connectivity index (χ3n) is 6.29. The number of fused-ring (bicyclic) bond motifs is 1. The van der Waals surface area contributed by atoms with Gasteiger partial charge in [0.2, 0.25) is 0 Å². The molecule has 158 valence electrons. The van der Waals surface area contributed by atoms with E-state index in [1.165, 1.54) is 11.3 Å². The Labute approximate surface area is 173 Å². The van der Waals surface area contributed by atoms with Crippen molar-refractivity contribution in [2.24, 2.45) is 4.99 Å². The molecule has 7 nitrogen and oxygen atoms in total. The van der Waals surface area contributed by atoms with Crippen LogP contribution in [0, 0.1) is 0 Å². The van der Waals surface area contributed by atoms with Gasteiger partial charge in [-0.3, -0.25) is 9.79 Å². The third kappa shape index (κ3) is 4.34. The Balaban J connectivity index is 1.25. The Bertz CT molecular complexity index is 738. The second kappa shape index (κ2) is 9.03. The summed E-state index contributed by atoms with van der Waals surface area (Å²) in [7, 11) is 1.83. The molecule has 2 atom stereocenters. The Morgan fingerprint density at radius 2 is 1.97 bits per heavy atom. The molecular weight excluding hydrogens is 366 g/mol. The number of piperazine rings is 1. The van der Waals surface area contributed by atoms with Crippen LogP contribution in [0.25, 0.3) is 0 Å². The Morgan fingerprint density at radius 3 is 2.69 bits per heavy atom. The summed E-state index contributed by atoms with van der Waals surface area (Å²) in [6.07, 6.45) is 2.75. The van der Waals surface area contributed by atoms with Crippen LogP contribution in [-0.4, -0.2) is 86.7 Å². The zero-order chi connectivity index (χ0) is 20.2. The first kappa shape index (κ1) is 20.0. The van der Waals surface area contributed by atoms with E-state index in [-0.39, 0.29) is 12.0 Å². The summed E-state index contributed by atoms with van der Waals surface area (Å²) in [6, 6.07) is 9.23. The molecule has 1 aromatic carbocycles. The SMILES string of the molecule is CN=C(NCCN1c2ccccc2CC1C)N1CCN(C(=O)C2CCCO2)CC1. The van der Waals surface area contributed by atoms with Gasteiger partial charge in [0, 0.05) is 64.7 Å². The van der Waals surface area contributed by atoms with Gasteiger partial charge in [-0.25, -0.2) is 0 Å². The monoisotopic (exact) mass is 399 g/mol. The lowest BCUT2D eigenvalue weighted by Crippen LogP contribution is -2.55. The van der Waals surface area contributed by atoms with Crippen molar-refractivity contribution >= 4 is 17.6 Å². The maximum atomic E-state index is 12.5. The van der Waals surface area contributed by atoms with Crippen LogP contribution in [0.2, 0.25) is 0 Å². The summed E-state index contributed by atoms with van der Waals surface area (Å²) in [5, 5.41) is 3.52. The van der Waals surface area contributed by atoms with Crippen molar-refractivity contribution in [3.63, 3.8) is 0 Å². The highest BCUT2D eigenvalue weighted by Gasteiger charge is 2.31. The average molecular weight is 400 g/mol. The number of rotatable bonds is 4. The second-order valence-corrected chi connectivity index (χ2v) is 8.16. The normalized spacial score (nSPS) is 24.8. The molecule has 29 heavy (non-hydrogen) atoms.